The van der Waals surface area contributed by atoms with E-state index in [-0.39, 0.29) is 0 Å². The maximum absolute atomic E-state index is 10.2. The van der Waals surface area contributed by atoms with Crippen molar-refractivity contribution in [1.82, 2.24) is 10.3 Å². The third-order valence-electron chi connectivity index (χ3n) is 2.29. The molecule has 0 saturated heterocycles. The highest BCUT2D eigenvalue weighted by Crippen LogP contribution is 2.16. The lowest BCUT2D eigenvalue weighted by Gasteiger charge is -2.04. The zero-order valence-corrected chi connectivity index (χ0v) is 10.3. The van der Waals surface area contributed by atoms with Crippen molar-refractivity contribution in [2.75, 3.05) is 0 Å². The van der Waals surface area contributed by atoms with Gasteiger partial charge in [0, 0.05) is 6.20 Å². The molecule has 0 atom stereocenters. The molecule has 1 amide bonds. The van der Waals surface area contributed by atoms with Crippen LogP contribution in [0.1, 0.15) is 31.5 Å². The number of aromatic nitrogens is 1. The van der Waals surface area contributed by atoms with Crippen LogP contribution in [0.3, 0.4) is 0 Å². The Morgan fingerprint density at radius 1 is 1.47 bits per heavy atom. The molecule has 0 aliphatic carbocycles. The van der Waals surface area contributed by atoms with Crippen molar-refractivity contribution >= 4 is 12.0 Å². The van der Waals surface area contributed by atoms with Crippen LogP contribution in [0.2, 0.25) is 0 Å². The van der Waals surface area contributed by atoms with Crippen molar-refractivity contribution in [1.29, 1.82) is 0 Å². The lowest BCUT2D eigenvalue weighted by molar-refractivity contribution is -0.109. The van der Waals surface area contributed by atoms with E-state index >= 15 is 0 Å². The van der Waals surface area contributed by atoms with Crippen molar-refractivity contribution in [2.24, 2.45) is 0 Å². The summed E-state index contributed by atoms with van der Waals surface area (Å²) in [4.78, 5) is 14.5. The average Bonchev–Trinajstić information content (AvgIpc) is 2.37. The summed E-state index contributed by atoms with van der Waals surface area (Å²) in [6.07, 6.45) is 9.77. The van der Waals surface area contributed by atoms with E-state index < -0.39 is 0 Å². The van der Waals surface area contributed by atoms with Crippen LogP contribution < -0.4 is 5.32 Å². The number of nitrogens with one attached hydrogen (secondary N) is 1. The van der Waals surface area contributed by atoms with E-state index in [9.17, 15) is 4.79 Å². The summed E-state index contributed by atoms with van der Waals surface area (Å²) < 4.78 is 0. The molecule has 1 N–H and O–H groups in total. The minimum atomic E-state index is 0.472. The van der Waals surface area contributed by atoms with Gasteiger partial charge >= 0.3 is 0 Å². The Hall–Kier alpha value is -1.90. The summed E-state index contributed by atoms with van der Waals surface area (Å²) in [6, 6.07) is 3.95. The van der Waals surface area contributed by atoms with E-state index in [0.717, 1.165) is 17.7 Å². The molecule has 0 unspecified atom stereocenters. The van der Waals surface area contributed by atoms with Gasteiger partial charge < -0.3 is 5.32 Å². The number of rotatable bonds is 6. The fraction of sp³-hybridized carbons (Fsp3) is 0.286. The molecular weight excluding hydrogens is 212 g/mol. The summed E-state index contributed by atoms with van der Waals surface area (Å²) in [5, 5.41) is 2.59. The summed E-state index contributed by atoms with van der Waals surface area (Å²) >= 11 is 0. The van der Waals surface area contributed by atoms with Gasteiger partial charge in [-0.25, -0.2) is 0 Å². The molecule has 1 aromatic rings. The third-order valence-corrected chi connectivity index (χ3v) is 2.29. The second-order valence-electron chi connectivity index (χ2n) is 3.60. The largest absolute Gasteiger partial charge is 0.353 e. The minimum Gasteiger partial charge on any atom is -0.353 e. The molecule has 0 saturated carbocycles. The van der Waals surface area contributed by atoms with Crippen molar-refractivity contribution in [2.45, 2.75) is 26.8 Å². The quantitative estimate of drug-likeness (QED) is 0.603. The number of carbonyl (C=O) groups excluding carboxylic acids is 1. The molecular formula is C14H18N2O. The first-order valence-corrected chi connectivity index (χ1v) is 5.77. The van der Waals surface area contributed by atoms with Gasteiger partial charge in [-0.3, -0.25) is 9.78 Å². The van der Waals surface area contributed by atoms with Gasteiger partial charge in [0.2, 0.25) is 6.41 Å². The predicted molar refractivity (Wildman–Crippen MR) is 70.2 cm³/mol. The van der Waals surface area contributed by atoms with E-state index in [0.29, 0.717) is 13.0 Å². The highest BCUT2D eigenvalue weighted by atomic mass is 16.1. The van der Waals surface area contributed by atoms with Gasteiger partial charge in [-0.05, 0) is 30.5 Å². The SMILES string of the molecule is C/C=C\C(=C/CC)c1ccc(CNC=O)nc1. The lowest BCUT2D eigenvalue weighted by Crippen LogP contribution is -2.10. The molecule has 0 aliphatic heterocycles. The van der Waals surface area contributed by atoms with E-state index in [1.807, 2.05) is 31.3 Å². The fourth-order valence-corrected chi connectivity index (χ4v) is 1.53. The Morgan fingerprint density at radius 3 is 2.82 bits per heavy atom. The van der Waals surface area contributed by atoms with E-state index in [4.69, 9.17) is 0 Å². The highest BCUT2D eigenvalue weighted by Gasteiger charge is 1.99. The van der Waals surface area contributed by atoms with E-state index in [2.05, 4.69) is 29.4 Å². The maximum Gasteiger partial charge on any atom is 0.207 e. The van der Waals surface area contributed by atoms with Gasteiger partial charge in [-0.2, -0.15) is 0 Å². The van der Waals surface area contributed by atoms with E-state index in [1.54, 1.807) is 0 Å². The smallest absolute Gasteiger partial charge is 0.207 e. The summed E-state index contributed by atoms with van der Waals surface area (Å²) in [7, 11) is 0. The number of hydrogen-bond acceptors (Lipinski definition) is 2. The maximum atomic E-state index is 10.2. The molecule has 3 nitrogen and oxygen atoms in total. The fourth-order valence-electron chi connectivity index (χ4n) is 1.53. The molecule has 90 valence electrons. The van der Waals surface area contributed by atoms with Crippen LogP contribution in [-0.2, 0) is 11.3 Å². The molecule has 0 fully saturated rings. The van der Waals surface area contributed by atoms with Gasteiger partial charge in [0.05, 0.1) is 12.2 Å². The van der Waals surface area contributed by atoms with Crippen LogP contribution in [0, 0.1) is 0 Å². The summed E-state index contributed by atoms with van der Waals surface area (Å²) in [5.74, 6) is 0. The zero-order chi connectivity index (χ0) is 12.5. The normalized spacial score (nSPS) is 11.8. The van der Waals surface area contributed by atoms with Crippen molar-refractivity contribution < 1.29 is 4.79 Å². The summed E-state index contributed by atoms with van der Waals surface area (Å²) in [5.41, 5.74) is 3.13. The third kappa shape index (κ3) is 4.23. The molecule has 0 radical (unpaired) electrons. The zero-order valence-electron chi connectivity index (χ0n) is 10.3. The Balaban J connectivity index is 2.84. The Kier molecular flexibility index (Phi) is 5.72. The number of pyridine rings is 1. The predicted octanol–water partition coefficient (Wildman–Crippen LogP) is 2.70. The molecule has 3 heteroatoms. The van der Waals surface area contributed by atoms with Crippen molar-refractivity contribution in [3.8, 4) is 0 Å². The highest BCUT2D eigenvalue weighted by molar-refractivity contribution is 5.73. The first-order chi connectivity index (χ1) is 8.31. The van der Waals surface area contributed by atoms with Crippen LogP contribution in [-0.4, -0.2) is 11.4 Å². The van der Waals surface area contributed by atoms with Crippen LogP contribution in [0.15, 0.2) is 36.6 Å². The first-order valence-electron chi connectivity index (χ1n) is 5.77. The number of nitrogens with zero attached hydrogens (tertiary/aromatic N) is 1. The second-order valence-corrected chi connectivity index (χ2v) is 3.60. The number of allylic oxidation sites excluding steroid dienone is 4. The minimum absolute atomic E-state index is 0.472. The number of carbonyl (C=O) groups is 1. The first kappa shape index (κ1) is 13.2. The summed E-state index contributed by atoms with van der Waals surface area (Å²) in [6.45, 7) is 4.58. The van der Waals surface area contributed by atoms with E-state index in [1.165, 1.54) is 5.57 Å². The van der Waals surface area contributed by atoms with Crippen LogP contribution >= 0.6 is 0 Å². The molecule has 0 spiro atoms. The topological polar surface area (TPSA) is 42.0 Å². The van der Waals surface area contributed by atoms with Crippen LogP contribution in [0.4, 0.5) is 0 Å². The number of amides is 1. The molecule has 1 aromatic heterocycles. The van der Waals surface area contributed by atoms with Gasteiger partial charge in [0.15, 0.2) is 0 Å². The van der Waals surface area contributed by atoms with Gasteiger partial charge in [-0.15, -0.1) is 0 Å². The molecule has 1 heterocycles. The monoisotopic (exact) mass is 230 g/mol. The Bertz CT molecular complexity index is 405. The van der Waals surface area contributed by atoms with Gasteiger partial charge in [-0.1, -0.05) is 31.2 Å². The standard InChI is InChI=1S/C14H18N2O/c1-3-5-12(6-4-2)13-7-8-14(16-9-13)10-15-11-17/h3,5-9,11H,4,10H2,1-2H3,(H,15,17)/b5-3-,12-6+. The molecule has 1 rings (SSSR count). The Morgan fingerprint density at radius 2 is 2.29 bits per heavy atom. The van der Waals surface area contributed by atoms with Crippen LogP contribution in [0.25, 0.3) is 5.57 Å². The van der Waals surface area contributed by atoms with Crippen molar-refractivity contribution in [3.63, 3.8) is 0 Å². The van der Waals surface area contributed by atoms with Crippen LogP contribution in [0.5, 0.6) is 0 Å². The van der Waals surface area contributed by atoms with Gasteiger partial charge in [0.25, 0.3) is 0 Å². The second kappa shape index (κ2) is 7.39. The molecule has 0 aromatic carbocycles. The lowest BCUT2D eigenvalue weighted by atomic mass is 10.1. The molecule has 17 heavy (non-hydrogen) atoms. The molecule has 0 bridgehead atoms. The Labute approximate surface area is 102 Å². The number of hydrogen-bond donors (Lipinski definition) is 1. The molecule has 0 aliphatic rings. The van der Waals surface area contributed by atoms with Crippen molar-refractivity contribution in [3.05, 3.63) is 47.8 Å². The average molecular weight is 230 g/mol. The van der Waals surface area contributed by atoms with Gasteiger partial charge in [0.1, 0.15) is 0 Å².